The summed E-state index contributed by atoms with van der Waals surface area (Å²) in [5.74, 6) is 0. The summed E-state index contributed by atoms with van der Waals surface area (Å²) in [4.78, 5) is 4.41. The summed E-state index contributed by atoms with van der Waals surface area (Å²) in [5.41, 5.74) is 3.81. The molecule has 0 saturated carbocycles. The highest BCUT2D eigenvalue weighted by atomic mass is 79.9. The summed E-state index contributed by atoms with van der Waals surface area (Å²) in [6.07, 6.45) is 0. The van der Waals surface area contributed by atoms with E-state index in [0.717, 1.165) is 9.61 Å². The molecule has 2 rings (SSSR count). The molecule has 1 heterocycles. The van der Waals surface area contributed by atoms with Crippen LogP contribution < -0.4 is 0 Å². The monoisotopic (exact) mass is 267 g/mol. The van der Waals surface area contributed by atoms with Gasteiger partial charge in [0.1, 0.15) is 9.61 Å². The smallest absolute Gasteiger partial charge is 0.124 e. The van der Waals surface area contributed by atoms with E-state index in [1.807, 2.05) is 5.38 Å². The molecule has 2 aromatic rings. The number of hydrogen-bond donors (Lipinski definition) is 0. The lowest BCUT2D eigenvalue weighted by Crippen LogP contribution is -1.83. The molecule has 3 heteroatoms. The van der Waals surface area contributed by atoms with E-state index in [2.05, 4.69) is 53.0 Å². The number of nitrogens with zero attached hydrogens (tertiary/aromatic N) is 1. The fourth-order valence-electron chi connectivity index (χ4n) is 1.43. The van der Waals surface area contributed by atoms with E-state index in [9.17, 15) is 0 Å². The fraction of sp³-hybridized carbons (Fsp3) is 0.182. The van der Waals surface area contributed by atoms with Crippen LogP contribution in [0.15, 0.2) is 28.2 Å². The Morgan fingerprint density at radius 3 is 2.64 bits per heavy atom. The third-order valence-corrected chi connectivity index (χ3v) is 3.67. The molecular formula is C11H10BrNS. The van der Waals surface area contributed by atoms with Crippen molar-refractivity contribution in [2.75, 3.05) is 0 Å². The van der Waals surface area contributed by atoms with Crippen LogP contribution in [0.5, 0.6) is 0 Å². The molecule has 1 nitrogen and oxygen atoms in total. The standard InChI is InChI=1S/C11H10BrNS/c1-7-3-4-9(8(2)5-7)11-13-10(12)6-14-11/h3-6H,1-2H3. The molecule has 1 aromatic heterocycles. The maximum absolute atomic E-state index is 4.41. The highest BCUT2D eigenvalue weighted by Gasteiger charge is 2.05. The summed E-state index contributed by atoms with van der Waals surface area (Å²) in [6.45, 7) is 4.23. The molecule has 14 heavy (non-hydrogen) atoms. The third kappa shape index (κ3) is 1.88. The molecule has 1 aromatic carbocycles. The molecule has 0 unspecified atom stereocenters. The van der Waals surface area contributed by atoms with E-state index in [4.69, 9.17) is 0 Å². The van der Waals surface area contributed by atoms with Crippen LogP contribution in [0.3, 0.4) is 0 Å². The molecule has 0 amide bonds. The number of thiazole rings is 1. The van der Waals surface area contributed by atoms with Gasteiger partial charge in [0.05, 0.1) is 0 Å². The highest BCUT2D eigenvalue weighted by molar-refractivity contribution is 9.10. The van der Waals surface area contributed by atoms with Crippen LogP contribution in [0.25, 0.3) is 10.6 Å². The van der Waals surface area contributed by atoms with Crippen molar-refractivity contribution in [2.45, 2.75) is 13.8 Å². The number of hydrogen-bond acceptors (Lipinski definition) is 2. The van der Waals surface area contributed by atoms with Gasteiger partial charge in [-0.3, -0.25) is 0 Å². The average Bonchev–Trinajstić information content (AvgIpc) is 2.51. The minimum absolute atomic E-state index is 0.914. The van der Waals surface area contributed by atoms with E-state index in [1.54, 1.807) is 11.3 Å². The van der Waals surface area contributed by atoms with Gasteiger partial charge >= 0.3 is 0 Å². The van der Waals surface area contributed by atoms with Gasteiger partial charge in [-0.05, 0) is 35.3 Å². The fourth-order valence-corrected chi connectivity index (χ4v) is 2.78. The van der Waals surface area contributed by atoms with Crippen molar-refractivity contribution in [1.29, 1.82) is 0 Å². The normalized spacial score (nSPS) is 10.5. The van der Waals surface area contributed by atoms with Crippen molar-refractivity contribution in [2.24, 2.45) is 0 Å². The summed E-state index contributed by atoms with van der Waals surface area (Å²) in [5, 5.41) is 3.09. The summed E-state index contributed by atoms with van der Waals surface area (Å²) < 4.78 is 0.914. The minimum Gasteiger partial charge on any atom is -0.229 e. The largest absolute Gasteiger partial charge is 0.229 e. The Morgan fingerprint density at radius 1 is 1.29 bits per heavy atom. The number of aromatic nitrogens is 1. The van der Waals surface area contributed by atoms with Gasteiger partial charge in [0.15, 0.2) is 0 Å². The SMILES string of the molecule is Cc1ccc(-c2nc(Br)cs2)c(C)c1. The molecule has 0 spiro atoms. The van der Waals surface area contributed by atoms with Gasteiger partial charge in [-0.1, -0.05) is 23.8 Å². The van der Waals surface area contributed by atoms with Crippen molar-refractivity contribution in [3.8, 4) is 10.6 Å². The Bertz CT molecular complexity index is 462. The number of benzene rings is 1. The average molecular weight is 268 g/mol. The second kappa shape index (κ2) is 3.83. The van der Waals surface area contributed by atoms with Gasteiger partial charge in [-0.2, -0.15) is 0 Å². The lowest BCUT2D eigenvalue weighted by atomic mass is 10.1. The van der Waals surface area contributed by atoms with Gasteiger partial charge in [0.2, 0.25) is 0 Å². The van der Waals surface area contributed by atoms with Crippen molar-refractivity contribution in [3.05, 3.63) is 39.3 Å². The first-order valence-corrected chi connectivity index (χ1v) is 6.03. The number of rotatable bonds is 1. The molecule has 0 aliphatic rings. The van der Waals surface area contributed by atoms with Crippen LogP contribution in [-0.2, 0) is 0 Å². The van der Waals surface area contributed by atoms with Crippen LogP contribution in [0.4, 0.5) is 0 Å². The molecule has 72 valence electrons. The third-order valence-electron chi connectivity index (χ3n) is 2.09. The van der Waals surface area contributed by atoms with E-state index in [0.29, 0.717) is 0 Å². The molecule has 0 aliphatic carbocycles. The molecule has 0 radical (unpaired) electrons. The van der Waals surface area contributed by atoms with Gasteiger partial charge in [0, 0.05) is 10.9 Å². The maximum atomic E-state index is 4.41. The Morgan fingerprint density at radius 2 is 2.07 bits per heavy atom. The molecule has 0 bridgehead atoms. The van der Waals surface area contributed by atoms with E-state index in [-0.39, 0.29) is 0 Å². The lowest BCUT2D eigenvalue weighted by molar-refractivity contribution is 1.32. The Hall–Kier alpha value is -0.670. The quantitative estimate of drug-likeness (QED) is 0.755. The Labute approximate surface area is 95.9 Å². The van der Waals surface area contributed by atoms with Crippen LogP contribution in [-0.4, -0.2) is 4.98 Å². The number of aryl methyl sites for hydroxylation is 2. The van der Waals surface area contributed by atoms with Gasteiger partial charge in [-0.15, -0.1) is 11.3 Å². The van der Waals surface area contributed by atoms with E-state index >= 15 is 0 Å². The first-order chi connectivity index (χ1) is 6.66. The Kier molecular flexibility index (Phi) is 2.70. The first kappa shape index (κ1) is 9.87. The van der Waals surface area contributed by atoms with Gasteiger partial charge in [0.25, 0.3) is 0 Å². The molecule has 0 N–H and O–H groups in total. The molecule has 0 saturated heterocycles. The summed E-state index contributed by atoms with van der Waals surface area (Å²) >= 11 is 5.03. The topological polar surface area (TPSA) is 12.9 Å². The second-order valence-electron chi connectivity index (χ2n) is 3.29. The van der Waals surface area contributed by atoms with Crippen molar-refractivity contribution in [3.63, 3.8) is 0 Å². The van der Waals surface area contributed by atoms with Crippen molar-refractivity contribution >= 4 is 27.3 Å². The molecular weight excluding hydrogens is 258 g/mol. The summed E-state index contributed by atoms with van der Waals surface area (Å²) in [6, 6.07) is 6.44. The molecule has 0 fully saturated rings. The Balaban J connectivity index is 2.52. The zero-order valence-electron chi connectivity index (χ0n) is 8.04. The zero-order chi connectivity index (χ0) is 10.1. The lowest BCUT2D eigenvalue weighted by Gasteiger charge is -2.02. The maximum Gasteiger partial charge on any atom is 0.124 e. The van der Waals surface area contributed by atoms with Crippen LogP contribution >= 0.6 is 27.3 Å². The summed E-state index contributed by atoms with van der Waals surface area (Å²) in [7, 11) is 0. The van der Waals surface area contributed by atoms with E-state index < -0.39 is 0 Å². The number of halogens is 1. The van der Waals surface area contributed by atoms with E-state index in [1.165, 1.54) is 16.7 Å². The minimum atomic E-state index is 0.914. The van der Waals surface area contributed by atoms with Gasteiger partial charge < -0.3 is 0 Å². The van der Waals surface area contributed by atoms with Crippen molar-refractivity contribution < 1.29 is 0 Å². The second-order valence-corrected chi connectivity index (χ2v) is 4.96. The molecule has 0 atom stereocenters. The predicted octanol–water partition coefficient (Wildman–Crippen LogP) is 4.19. The van der Waals surface area contributed by atoms with Crippen LogP contribution in [0.1, 0.15) is 11.1 Å². The van der Waals surface area contributed by atoms with Crippen LogP contribution in [0, 0.1) is 13.8 Å². The molecule has 0 aliphatic heterocycles. The van der Waals surface area contributed by atoms with Crippen LogP contribution in [0.2, 0.25) is 0 Å². The highest BCUT2D eigenvalue weighted by Crippen LogP contribution is 2.28. The zero-order valence-corrected chi connectivity index (χ0v) is 10.4. The predicted molar refractivity (Wildman–Crippen MR) is 64.7 cm³/mol. The first-order valence-electron chi connectivity index (χ1n) is 4.35. The van der Waals surface area contributed by atoms with Gasteiger partial charge in [-0.25, -0.2) is 4.98 Å². The van der Waals surface area contributed by atoms with Crippen molar-refractivity contribution in [1.82, 2.24) is 4.98 Å².